The smallest absolute Gasteiger partial charge is 0.335 e. The van der Waals surface area contributed by atoms with Crippen LogP contribution >= 0.6 is 11.6 Å². The van der Waals surface area contributed by atoms with Crippen LogP contribution in [-0.4, -0.2) is 37.9 Å². The molecule has 0 spiro atoms. The number of fused-ring (bicyclic) bond motifs is 1. The van der Waals surface area contributed by atoms with Crippen molar-refractivity contribution in [1.29, 1.82) is 0 Å². The fraction of sp³-hybridized carbons (Fsp3) is 0.318. The van der Waals surface area contributed by atoms with Gasteiger partial charge < -0.3 is 15.2 Å². The van der Waals surface area contributed by atoms with Gasteiger partial charge in [-0.1, -0.05) is 11.6 Å². The van der Waals surface area contributed by atoms with E-state index in [1.54, 1.807) is 0 Å². The second-order valence-corrected chi connectivity index (χ2v) is 8.54. The van der Waals surface area contributed by atoms with Crippen molar-refractivity contribution in [2.24, 2.45) is 5.73 Å². The lowest BCUT2D eigenvalue weighted by atomic mass is 10.0. The van der Waals surface area contributed by atoms with Gasteiger partial charge in [0.05, 0.1) is 17.9 Å². The van der Waals surface area contributed by atoms with Crippen LogP contribution in [0.4, 0.5) is 30.7 Å². The molecule has 0 fully saturated rings. The Bertz CT molecular complexity index is 1330. The van der Waals surface area contributed by atoms with Crippen molar-refractivity contribution >= 4 is 17.5 Å². The molecule has 1 aromatic carbocycles. The predicted octanol–water partition coefficient (Wildman–Crippen LogP) is 4.48. The molecule has 0 saturated carbocycles. The number of carbonyl (C=O) groups excluding carboxylic acids is 1. The summed E-state index contributed by atoms with van der Waals surface area (Å²) in [7, 11) is 0. The number of hydrogen-bond acceptors (Lipinski definition) is 4. The Labute approximate surface area is 204 Å². The topological polar surface area (TPSA) is 77.0 Å². The van der Waals surface area contributed by atoms with E-state index in [1.165, 1.54) is 4.90 Å². The standard InChI is InChI=1S/C22H17ClF7N5O/c23-20-18(27)12(1-2-32-20)19-16-9-34(3-4-35(16)21(33-19)22(28,29)30)17(36)7-11(31)5-10-6-14(25)15(26)8-13(10)24/h1-2,6,8,11H,3-5,7,9,31H2. The highest BCUT2D eigenvalue weighted by Crippen LogP contribution is 2.37. The van der Waals surface area contributed by atoms with Crippen molar-refractivity contribution in [1.82, 2.24) is 19.4 Å². The van der Waals surface area contributed by atoms with Crippen LogP contribution in [0.15, 0.2) is 24.4 Å². The van der Waals surface area contributed by atoms with Gasteiger partial charge in [0.15, 0.2) is 22.6 Å². The van der Waals surface area contributed by atoms with E-state index < -0.39 is 52.4 Å². The van der Waals surface area contributed by atoms with E-state index in [4.69, 9.17) is 17.3 Å². The minimum Gasteiger partial charge on any atom is -0.335 e. The molecule has 14 heteroatoms. The molecule has 6 nitrogen and oxygen atoms in total. The highest BCUT2D eigenvalue weighted by molar-refractivity contribution is 6.29. The Morgan fingerprint density at radius 3 is 2.50 bits per heavy atom. The first-order chi connectivity index (χ1) is 16.9. The number of halogens is 8. The highest BCUT2D eigenvalue weighted by Gasteiger charge is 2.41. The van der Waals surface area contributed by atoms with E-state index in [-0.39, 0.29) is 55.0 Å². The number of rotatable bonds is 5. The summed E-state index contributed by atoms with van der Waals surface area (Å²) < 4.78 is 96.8. The predicted molar refractivity (Wildman–Crippen MR) is 113 cm³/mol. The summed E-state index contributed by atoms with van der Waals surface area (Å²) in [5.41, 5.74) is 4.97. The van der Waals surface area contributed by atoms with Gasteiger partial charge in [-0.2, -0.15) is 13.2 Å². The van der Waals surface area contributed by atoms with Crippen LogP contribution in [0.5, 0.6) is 0 Å². The molecule has 1 atom stereocenters. The Kier molecular flexibility index (Phi) is 6.97. The molecule has 0 aliphatic carbocycles. The molecule has 1 unspecified atom stereocenters. The number of pyridine rings is 1. The summed E-state index contributed by atoms with van der Waals surface area (Å²) in [4.78, 5) is 21.2. The van der Waals surface area contributed by atoms with E-state index in [0.717, 1.165) is 16.8 Å². The van der Waals surface area contributed by atoms with Gasteiger partial charge in [-0.05, 0) is 24.1 Å². The zero-order valence-electron chi connectivity index (χ0n) is 18.2. The van der Waals surface area contributed by atoms with Gasteiger partial charge >= 0.3 is 6.18 Å². The maximum Gasteiger partial charge on any atom is 0.449 e. The minimum atomic E-state index is -4.84. The molecule has 0 bridgehead atoms. The summed E-state index contributed by atoms with van der Waals surface area (Å²) in [5.74, 6) is -6.56. The number of carbonyl (C=O) groups is 1. The lowest BCUT2D eigenvalue weighted by molar-refractivity contribution is -0.148. The zero-order chi connectivity index (χ0) is 26.4. The lowest BCUT2D eigenvalue weighted by Crippen LogP contribution is -2.42. The number of nitrogens with two attached hydrogens (primary N) is 1. The van der Waals surface area contributed by atoms with Crippen LogP contribution in [-0.2, 0) is 30.5 Å². The van der Waals surface area contributed by atoms with E-state index in [0.29, 0.717) is 12.1 Å². The summed E-state index contributed by atoms with van der Waals surface area (Å²) in [6.07, 6.45) is -4.38. The second kappa shape index (κ2) is 9.69. The van der Waals surface area contributed by atoms with E-state index in [2.05, 4.69) is 9.97 Å². The van der Waals surface area contributed by atoms with E-state index >= 15 is 0 Å². The number of amides is 1. The lowest BCUT2D eigenvalue weighted by Gasteiger charge is -2.30. The van der Waals surface area contributed by atoms with Gasteiger partial charge in [-0.3, -0.25) is 4.79 Å². The Hall–Kier alpha value is -3.19. The molecule has 1 aliphatic heterocycles. The highest BCUT2D eigenvalue weighted by atomic mass is 35.5. The first-order valence-electron chi connectivity index (χ1n) is 10.5. The summed E-state index contributed by atoms with van der Waals surface area (Å²) in [5, 5.41) is -0.554. The van der Waals surface area contributed by atoms with Crippen molar-refractivity contribution < 1.29 is 35.5 Å². The fourth-order valence-corrected chi connectivity index (χ4v) is 4.20. The molecule has 192 valence electrons. The number of benzene rings is 1. The van der Waals surface area contributed by atoms with Crippen molar-refractivity contribution in [3.8, 4) is 11.3 Å². The van der Waals surface area contributed by atoms with Crippen LogP contribution in [0.1, 0.15) is 23.5 Å². The minimum absolute atomic E-state index is 0.0664. The summed E-state index contributed by atoms with van der Waals surface area (Å²) in [6.45, 7) is -0.754. The third kappa shape index (κ3) is 5.03. The van der Waals surface area contributed by atoms with Gasteiger partial charge in [-0.25, -0.2) is 27.5 Å². The third-order valence-electron chi connectivity index (χ3n) is 5.72. The molecule has 0 saturated heterocycles. The number of hydrogen-bond donors (Lipinski definition) is 1. The average Bonchev–Trinajstić information content (AvgIpc) is 3.18. The molecule has 2 aromatic heterocycles. The molecule has 3 aromatic rings. The molecular weight excluding hydrogens is 519 g/mol. The van der Waals surface area contributed by atoms with Gasteiger partial charge in [0.1, 0.15) is 5.82 Å². The maximum atomic E-state index is 14.6. The molecular formula is C22H17ClF7N5O. The molecule has 1 aliphatic rings. The van der Waals surface area contributed by atoms with Gasteiger partial charge in [0.25, 0.3) is 0 Å². The zero-order valence-corrected chi connectivity index (χ0v) is 19.0. The van der Waals surface area contributed by atoms with Gasteiger partial charge in [0.2, 0.25) is 11.7 Å². The Morgan fingerprint density at radius 2 is 1.81 bits per heavy atom. The van der Waals surface area contributed by atoms with Crippen molar-refractivity contribution in [2.75, 3.05) is 6.54 Å². The van der Waals surface area contributed by atoms with Crippen LogP contribution in [0.25, 0.3) is 11.3 Å². The summed E-state index contributed by atoms with van der Waals surface area (Å²) >= 11 is 5.68. The monoisotopic (exact) mass is 535 g/mol. The first-order valence-corrected chi connectivity index (χ1v) is 10.9. The Morgan fingerprint density at radius 1 is 1.11 bits per heavy atom. The Balaban J connectivity index is 1.58. The van der Waals surface area contributed by atoms with Crippen LogP contribution in [0, 0.1) is 23.3 Å². The van der Waals surface area contributed by atoms with Crippen molar-refractivity contribution in [3.63, 3.8) is 0 Å². The molecule has 2 N–H and O–H groups in total. The molecule has 4 rings (SSSR count). The number of nitrogens with zero attached hydrogens (tertiary/aromatic N) is 4. The first kappa shape index (κ1) is 25.9. The number of alkyl halides is 3. The quantitative estimate of drug-likeness (QED) is 0.297. The molecule has 36 heavy (non-hydrogen) atoms. The largest absolute Gasteiger partial charge is 0.449 e. The van der Waals surface area contributed by atoms with Crippen LogP contribution in [0.2, 0.25) is 5.15 Å². The SMILES string of the molecule is NC(CC(=O)N1CCn2c(C(F)(F)F)nc(-c3ccnc(Cl)c3F)c2C1)Cc1cc(F)c(F)cc1F. The molecule has 3 heterocycles. The molecule has 0 radical (unpaired) electrons. The van der Waals surface area contributed by atoms with Crippen LogP contribution in [0.3, 0.4) is 0 Å². The average molecular weight is 536 g/mol. The van der Waals surface area contributed by atoms with E-state index in [9.17, 15) is 35.5 Å². The van der Waals surface area contributed by atoms with Crippen molar-refractivity contribution in [2.45, 2.75) is 38.1 Å². The van der Waals surface area contributed by atoms with Crippen molar-refractivity contribution in [3.05, 3.63) is 69.9 Å². The fourth-order valence-electron chi connectivity index (χ4n) is 4.04. The second-order valence-electron chi connectivity index (χ2n) is 8.18. The normalized spacial score (nSPS) is 14.6. The maximum absolute atomic E-state index is 14.6. The van der Waals surface area contributed by atoms with Gasteiger partial charge in [0, 0.05) is 43.4 Å². The summed E-state index contributed by atoms with van der Waals surface area (Å²) in [6, 6.07) is 1.14. The molecule has 1 amide bonds. The van der Waals surface area contributed by atoms with E-state index in [1.807, 2.05) is 0 Å². The van der Waals surface area contributed by atoms with Crippen LogP contribution < -0.4 is 5.73 Å². The van der Waals surface area contributed by atoms with Gasteiger partial charge in [-0.15, -0.1) is 0 Å². The number of imidazole rings is 1. The number of aromatic nitrogens is 3. The third-order valence-corrected chi connectivity index (χ3v) is 5.99.